The van der Waals surface area contributed by atoms with Crippen LogP contribution in [0, 0.1) is 5.82 Å². The fourth-order valence-corrected chi connectivity index (χ4v) is 0.918. The van der Waals surface area contributed by atoms with E-state index in [4.69, 9.17) is 10.5 Å². The van der Waals surface area contributed by atoms with Gasteiger partial charge in [0.15, 0.2) is 0 Å². The first-order valence-electron chi connectivity index (χ1n) is 3.98. The van der Waals surface area contributed by atoms with E-state index in [2.05, 4.69) is 6.58 Å². The minimum Gasteiger partial charge on any atom is -0.458 e. The molecule has 0 saturated carbocycles. The second-order valence-electron chi connectivity index (χ2n) is 2.62. The summed E-state index contributed by atoms with van der Waals surface area (Å²) < 4.78 is 17.5. The van der Waals surface area contributed by atoms with Gasteiger partial charge in [-0.1, -0.05) is 12.7 Å². The van der Waals surface area contributed by atoms with Crippen LogP contribution in [0.4, 0.5) is 10.1 Å². The number of benzene rings is 1. The lowest BCUT2D eigenvalue weighted by atomic mass is 10.2. The molecule has 0 aliphatic rings. The van der Waals surface area contributed by atoms with Crippen LogP contribution in [0.2, 0.25) is 0 Å². The molecule has 0 fully saturated rings. The molecule has 0 amide bonds. The van der Waals surface area contributed by atoms with Crippen LogP contribution >= 0.6 is 0 Å². The molecule has 0 aliphatic carbocycles. The van der Waals surface area contributed by atoms with Crippen molar-refractivity contribution in [3.05, 3.63) is 42.2 Å². The monoisotopic (exact) mass is 195 g/mol. The molecule has 74 valence electrons. The Kier molecular flexibility index (Phi) is 3.23. The van der Waals surface area contributed by atoms with Gasteiger partial charge in [-0.25, -0.2) is 9.18 Å². The molecule has 14 heavy (non-hydrogen) atoms. The number of ether oxygens (including phenoxy) is 1. The van der Waals surface area contributed by atoms with Crippen molar-refractivity contribution >= 4 is 11.7 Å². The van der Waals surface area contributed by atoms with Crippen molar-refractivity contribution in [2.24, 2.45) is 0 Å². The molecule has 0 radical (unpaired) electrons. The van der Waals surface area contributed by atoms with Crippen LogP contribution in [0.15, 0.2) is 30.9 Å². The van der Waals surface area contributed by atoms with E-state index in [0.29, 0.717) is 0 Å². The summed E-state index contributed by atoms with van der Waals surface area (Å²) in [6.07, 6.45) is 1.42. The highest BCUT2D eigenvalue weighted by Gasteiger charge is 2.11. The lowest BCUT2D eigenvalue weighted by Crippen LogP contribution is -2.08. The summed E-state index contributed by atoms with van der Waals surface area (Å²) in [7, 11) is 0. The van der Waals surface area contributed by atoms with Crippen molar-refractivity contribution in [3.63, 3.8) is 0 Å². The van der Waals surface area contributed by atoms with Crippen LogP contribution in [0.5, 0.6) is 0 Å². The Labute approximate surface area is 81.0 Å². The molecule has 3 nitrogen and oxygen atoms in total. The topological polar surface area (TPSA) is 52.3 Å². The van der Waals surface area contributed by atoms with Gasteiger partial charge in [0.1, 0.15) is 12.4 Å². The van der Waals surface area contributed by atoms with Gasteiger partial charge in [-0.05, 0) is 18.2 Å². The summed E-state index contributed by atoms with van der Waals surface area (Å²) in [6.45, 7) is 3.46. The molecule has 0 unspecified atom stereocenters. The van der Waals surface area contributed by atoms with Gasteiger partial charge in [-0.3, -0.25) is 0 Å². The van der Waals surface area contributed by atoms with Gasteiger partial charge in [-0.2, -0.15) is 0 Å². The number of hydrogen-bond acceptors (Lipinski definition) is 3. The second-order valence-corrected chi connectivity index (χ2v) is 2.62. The number of hydrogen-bond donors (Lipinski definition) is 1. The van der Waals surface area contributed by atoms with Gasteiger partial charge in [0.25, 0.3) is 0 Å². The zero-order valence-corrected chi connectivity index (χ0v) is 7.50. The minimum atomic E-state index is -0.651. The first-order chi connectivity index (χ1) is 6.65. The van der Waals surface area contributed by atoms with Gasteiger partial charge < -0.3 is 10.5 Å². The number of carbonyl (C=O) groups is 1. The van der Waals surface area contributed by atoms with Gasteiger partial charge in [0, 0.05) is 5.69 Å². The van der Waals surface area contributed by atoms with Crippen molar-refractivity contribution in [1.29, 1.82) is 0 Å². The van der Waals surface area contributed by atoms with Crippen LogP contribution in [0.25, 0.3) is 0 Å². The molecule has 0 aromatic heterocycles. The quantitative estimate of drug-likeness (QED) is 0.454. The predicted molar refractivity (Wildman–Crippen MR) is 51.3 cm³/mol. The number of carbonyl (C=O) groups excluding carboxylic acids is 1. The lowest BCUT2D eigenvalue weighted by Gasteiger charge is -2.04. The van der Waals surface area contributed by atoms with Crippen molar-refractivity contribution in [3.8, 4) is 0 Å². The van der Waals surface area contributed by atoms with E-state index in [1.165, 1.54) is 18.2 Å². The number of esters is 1. The number of rotatable bonds is 3. The van der Waals surface area contributed by atoms with Crippen molar-refractivity contribution < 1.29 is 13.9 Å². The maximum absolute atomic E-state index is 12.7. The first kappa shape index (κ1) is 10.2. The van der Waals surface area contributed by atoms with Crippen LogP contribution in [-0.2, 0) is 4.74 Å². The van der Waals surface area contributed by atoms with E-state index >= 15 is 0 Å². The van der Waals surface area contributed by atoms with E-state index in [0.717, 1.165) is 6.07 Å². The molecular weight excluding hydrogens is 185 g/mol. The molecular formula is C10H10FNO2. The van der Waals surface area contributed by atoms with Gasteiger partial charge in [0.2, 0.25) is 0 Å². The van der Waals surface area contributed by atoms with Crippen molar-refractivity contribution in [2.75, 3.05) is 12.3 Å². The average molecular weight is 195 g/mol. The average Bonchev–Trinajstić information content (AvgIpc) is 2.18. The lowest BCUT2D eigenvalue weighted by molar-refractivity contribution is 0.0550. The van der Waals surface area contributed by atoms with Gasteiger partial charge in [-0.15, -0.1) is 0 Å². The third-order valence-corrected chi connectivity index (χ3v) is 1.57. The Hall–Kier alpha value is -1.84. The van der Waals surface area contributed by atoms with Crippen LogP contribution in [0.3, 0.4) is 0 Å². The SMILES string of the molecule is C=CCOC(=O)c1cc(F)ccc1N. The molecule has 1 aromatic rings. The summed E-state index contributed by atoms with van der Waals surface area (Å²) in [5.74, 6) is -1.17. The number of nitrogens with two attached hydrogens (primary N) is 1. The number of anilines is 1. The third-order valence-electron chi connectivity index (χ3n) is 1.57. The molecule has 1 rings (SSSR count). The molecule has 4 heteroatoms. The predicted octanol–water partition coefficient (Wildman–Crippen LogP) is 1.75. The number of halogens is 1. The molecule has 0 atom stereocenters. The highest BCUT2D eigenvalue weighted by molar-refractivity contribution is 5.95. The largest absolute Gasteiger partial charge is 0.458 e. The summed E-state index contributed by atoms with van der Waals surface area (Å²) in [5.41, 5.74) is 5.70. The molecule has 0 heterocycles. The molecule has 2 N–H and O–H groups in total. The second kappa shape index (κ2) is 4.41. The van der Waals surface area contributed by atoms with Gasteiger partial charge in [0.05, 0.1) is 5.56 Å². The molecule has 0 saturated heterocycles. The summed E-state index contributed by atoms with van der Waals surface area (Å²) in [6, 6.07) is 3.54. The zero-order valence-electron chi connectivity index (χ0n) is 7.50. The smallest absolute Gasteiger partial charge is 0.340 e. The Morgan fingerprint density at radius 1 is 1.64 bits per heavy atom. The Balaban J connectivity index is 2.88. The van der Waals surface area contributed by atoms with E-state index in [9.17, 15) is 9.18 Å². The molecule has 0 aliphatic heterocycles. The van der Waals surface area contributed by atoms with Crippen molar-refractivity contribution in [1.82, 2.24) is 0 Å². The normalized spacial score (nSPS) is 9.50. The Morgan fingerprint density at radius 2 is 2.36 bits per heavy atom. The number of nitrogen functional groups attached to an aromatic ring is 1. The highest BCUT2D eigenvalue weighted by atomic mass is 19.1. The molecule has 1 aromatic carbocycles. The fraction of sp³-hybridized carbons (Fsp3) is 0.100. The van der Waals surface area contributed by atoms with E-state index in [1.54, 1.807) is 0 Å². The van der Waals surface area contributed by atoms with E-state index in [-0.39, 0.29) is 17.9 Å². The van der Waals surface area contributed by atoms with Crippen molar-refractivity contribution in [2.45, 2.75) is 0 Å². The summed E-state index contributed by atoms with van der Waals surface area (Å²) in [4.78, 5) is 11.3. The van der Waals surface area contributed by atoms with Crippen LogP contribution < -0.4 is 5.73 Å². The molecule has 0 bridgehead atoms. The van der Waals surface area contributed by atoms with E-state index in [1.807, 2.05) is 0 Å². The standard InChI is InChI=1S/C10H10FNO2/c1-2-5-14-10(13)8-6-7(11)3-4-9(8)12/h2-4,6H,1,5,12H2. The third kappa shape index (κ3) is 2.32. The Morgan fingerprint density at radius 3 is 3.00 bits per heavy atom. The Bertz CT molecular complexity index is 363. The van der Waals surface area contributed by atoms with Crippen LogP contribution in [-0.4, -0.2) is 12.6 Å². The summed E-state index contributed by atoms with van der Waals surface area (Å²) >= 11 is 0. The van der Waals surface area contributed by atoms with Gasteiger partial charge >= 0.3 is 5.97 Å². The summed E-state index contributed by atoms with van der Waals surface area (Å²) in [5, 5.41) is 0. The minimum absolute atomic E-state index is 0.0341. The van der Waals surface area contributed by atoms with Crippen LogP contribution in [0.1, 0.15) is 10.4 Å². The highest BCUT2D eigenvalue weighted by Crippen LogP contribution is 2.14. The maximum Gasteiger partial charge on any atom is 0.340 e. The first-order valence-corrected chi connectivity index (χ1v) is 3.98. The zero-order chi connectivity index (χ0) is 10.6. The maximum atomic E-state index is 12.7. The molecule has 0 spiro atoms. The van der Waals surface area contributed by atoms with E-state index < -0.39 is 11.8 Å². The fourth-order valence-electron chi connectivity index (χ4n) is 0.918.